The summed E-state index contributed by atoms with van der Waals surface area (Å²) in [6.07, 6.45) is 3.01. The van der Waals surface area contributed by atoms with E-state index in [2.05, 4.69) is 12.2 Å². The van der Waals surface area contributed by atoms with Crippen molar-refractivity contribution < 1.29 is 14.3 Å². The van der Waals surface area contributed by atoms with Gasteiger partial charge in [-0.3, -0.25) is 9.59 Å². The number of likely N-dealkylation sites (tertiary alicyclic amines) is 1. The molecule has 0 radical (unpaired) electrons. The van der Waals surface area contributed by atoms with E-state index in [1.165, 1.54) is 6.92 Å². The van der Waals surface area contributed by atoms with Crippen molar-refractivity contribution in [3.05, 3.63) is 0 Å². The van der Waals surface area contributed by atoms with Crippen LogP contribution in [0.25, 0.3) is 0 Å². The fourth-order valence-corrected chi connectivity index (χ4v) is 3.03. The van der Waals surface area contributed by atoms with Gasteiger partial charge in [0.15, 0.2) is 6.10 Å². The number of nitrogens with zero attached hydrogens (tertiary/aromatic N) is 1. The maximum atomic E-state index is 12.3. The number of carbonyl (C=O) groups is 2. The highest BCUT2D eigenvalue weighted by Crippen LogP contribution is 2.29. The van der Waals surface area contributed by atoms with Crippen LogP contribution in [0.4, 0.5) is 0 Å². The summed E-state index contributed by atoms with van der Waals surface area (Å²) in [6.45, 7) is 5.37. The predicted octanol–water partition coefficient (Wildman–Crippen LogP) is 0.681. The van der Waals surface area contributed by atoms with E-state index in [1.54, 1.807) is 0 Å². The first-order chi connectivity index (χ1) is 8.63. The van der Waals surface area contributed by atoms with Crippen LogP contribution in [0.2, 0.25) is 0 Å². The summed E-state index contributed by atoms with van der Waals surface area (Å²) < 4.78 is 5.13. The predicted molar refractivity (Wildman–Crippen MR) is 67.0 cm³/mol. The molecule has 0 aromatic carbocycles. The van der Waals surface area contributed by atoms with Crippen LogP contribution in [0, 0.1) is 0 Å². The summed E-state index contributed by atoms with van der Waals surface area (Å²) in [5.41, 5.74) is 0. The van der Waals surface area contributed by atoms with Gasteiger partial charge in [0.25, 0.3) is 5.91 Å². The maximum absolute atomic E-state index is 12.3. The number of amides is 1. The molecule has 0 aromatic rings. The molecule has 0 bridgehead atoms. The lowest BCUT2D eigenvalue weighted by Gasteiger charge is -2.35. The molecule has 5 heteroatoms. The van der Waals surface area contributed by atoms with E-state index in [-0.39, 0.29) is 17.9 Å². The number of esters is 1. The second kappa shape index (κ2) is 5.69. The van der Waals surface area contributed by atoms with E-state index < -0.39 is 6.10 Å². The quantitative estimate of drug-likeness (QED) is 0.753. The molecule has 2 rings (SSSR count). The Kier molecular flexibility index (Phi) is 4.22. The van der Waals surface area contributed by atoms with E-state index >= 15 is 0 Å². The zero-order chi connectivity index (χ0) is 13.1. The Hall–Kier alpha value is -1.10. The first-order valence-electron chi connectivity index (χ1n) is 6.83. The zero-order valence-corrected chi connectivity index (χ0v) is 11.1. The smallest absolute Gasteiger partial charge is 0.303 e. The lowest BCUT2D eigenvalue weighted by atomic mass is 10.0. The highest BCUT2D eigenvalue weighted by atomic mass is 16.5. The van der Waals surface area contributed by atoms with E-state index in [0.29, 0.717) is 12.5 Å². The minimum absolute atomic E-state index is 0.00366. The number of ether oxygens (including phenoxy) is 1. The molecule has 2 fully saturated rings. The lowest BCUT2D eigenvalue weighted by Crippen LogP contribution is -2.48. The van der Waals surface area contributed by atoms with Crippen LogP contribution in [0.1, 0.15) is 39.5 Å². The van der Waals surface area contributed by atoms with Gasteiger partial charge in [-0.2, -0.15) is 0 Å². The number of nitrogens with one attached hydrogen (secondary N) is 1. The van der Waals surface area contributed by atoms with E-state index in [9.17, 15) is 9.59 Å². The van der Waals surface area contributed by atoms with Gasteiger partial charge in [0.2, 0.25) is 0 Å². The van der Waals surface area contributed by atoms with Crippen LogP contribution in [-0.2, 0) is 14.3 Å². The summed E-state index contributed by atoms with van der Waals surface area (Å²) in [4.78, 5) is 25.3. The van der Waals surface area contributed by atoms with Crippen LogP contribution < -0.4 is 5.32 Å². The first kappa shape index (κ1) is 13.3. The molecule has 2 saturated heterocycles. The molecule has 2 aliphatic rings. The Bertz CT molecular complexity index is 326. The summed E-state index contributed by atoms with van der Waals surface area (Å²) in [5, 5.41) is 3.31. The maximum Gasteiger partial charge on any atom is 0.303 e. The number of piperidine rings is 1. The fraction of sp³-hybridized carbons (Fsp3) is 0.846. The van der Waals surface area contributed by atoms with Gasteiger partial charge < -0.3 is 15.0 Å². The number of rotatable bonds is 3. The summed E-state index contributed by atoms with van der Waals surface area (Å²) >= 11 is 0. The van der Waals surface area contributed by atoms with Crippen molar-refractivity contribution in [1.82, 2.24) is 10.2 Å². The van der Waals surface area contributed by atoms with Gasteiger partial charge in [-0.1, -0.05) is 6.92 Å². The molecule has 5 nitrogen and oxygen atoms in total. The third-order valence-electron chi connectivity index (χ3n) is 3.89. The molecule has 0 spiro atoms. The first-order valence-corrected chi connectivity index (χ1v) is 6.83. The van der Waals surface area contributed by atoms with Crippen molar-refractivity contribution in [2.24, 2.45) is 0 Å². The monoisotopic (exact) mass is 254 g/mol. The van der Waals surface area contributed by atoms with E-state index in [0.717, 1.165) is 32.4 Å². The summed E-state index contributed by atoms with van der Waals surface area (Å²) in [5.74, 6) is -0.362. The molecule has 1 unspecified atom stereocenters. The topological polar surface area (TPSA) is 58.6 Å². The van der Waals surface area contributed by atoms with Gasteiger partial charge in [-0.25, -0.2) is 0 Å². The van der Waals surface area contributed by atoms with Gasteiger partial charge in [-0.15, -0.1) is 0 Å². The average Bonchev–Trinajstić information content (AvgIpc) is 2.66. The van der Waals surface area contributed by atoms with Crippen LogP contribution in [0.15, 0.2) is 0 Å². The second-order valence-electron chi connectivity index (χ2n) is 5.12. The molecule has 0 aromatic heterocycles. The number of carbonyl (C=O) groups excluding carboxylic acids is 2. The molecule has 18 heavy (non-hydrogen) atoms. The second-order valence-corrected chi connectivity index (χ2v) is 5.12. The normalized spacial score (nSPS) is 29.7. The summed E-state index contributed by atoms with van der Waals surface area (Å²) in [6, 6.07) is 0.536. The Balaban J connectivity index is 2.07. The largest absolute Gasteiger partial charge is 0.452 e. The standard InChI is InChI=1S/C13H22N2O3/c1-3-10-8-12(18-9(2)16)13(17)15(10)11-4-6-14-7-5-11/h10-12,14H,3-8H2,1-2H3/t10-,12?/m0/s1. The van der Waals surface area contributed by atoms with Crippen molar-refractivity contribution >= 4 is 11.9 Å². The van der Waals surface area contributed by atoms with Gasteiger partial charge in [0.1, 0.15) is 0 Å². The van der Waals surface area contributed by atoms with Crippen LogP contribution in [0.5, 0.6) is 0 Å². The summed E-state index contributed by atoms with van der Waals surface area (Å²) in [7, 11) is 0. The van der Waals surface area contributed by atoms with E-state index in [1.807, 2.05) is 4.90 Å². The van der Waals surface area contributed by atoms with Crippen LogP contribution >= 0.6 is 0 Å². The molecular formula is C13H22N2O3. The molecular weight excluding hydrogens is 232 g/mol. The van der Waals surface area contributed by atoms with Crippen molar-refractivity contribution in [2.75, 3.05) is 13.1 Å². The SMILES string of the molecule is CC[C@H]1CC(OC(C)=O)C(=O)N1C1CCNCC1. The Morgan fingerprint density at radius 1 is 1.44 bits per heavy atom. The van der Waals surface area contributed by atoms with Crippen molar-refractivity contribution in [1.29, 1.82) is 0 Å². The zero-order valence-electron chi connectivity index (χ0n) is 11.1. The molecule has 1 amide bonds. The Morgan fingerprint density at radius 2 is 2.11 bits per heavy atom. The van der Waals surface area contributed by atoms with Crippen LogP contribution in [-0.4, -0.2) is 48.1 Å². The highest BCUT2D eigenvalue weighted by Gasteiger charge is 2.43. The molecule has 2 aliphatic heterocycles. The van der Waals surface area contributed by atoms with Gasteiger partial charge in [-0.05, 0) is 32.4 Å². The lowest BCUT2D eigenvalue weighted by molar-refractivity contribution is -0.155. The average molecular weight is 254 g/mol. The Labute approximate surface area is 108 Å². The minimum Gasteiger partial charge on any atom is -0.452 e. The molecule has 0 saturated carbocycles. The van der Waals surface area contributed by atoms with Crippen molar-refractivity contribution in [3.8, 4) is 0 Å². The van der Waals surface area contributed by atoms with Crippen LogP contribution in [0.3, 0.4) is 0 Å². The van der Waals surface area contributed by atoms with E-state index in [4.69, 9.17) is 4.74 Å². The third-order valence-corrected chi connectivity index (χ3v) is 3.89. The third kappa shape index (κ3) is 2.66. The Morgan fingerprint density at radius 3 is 2.67 bits per heavy atom. The van der Waals surface area contributed by atoms with Gasteiger partial charge in [0.05, 0.1) is 0 Å². The van der Waals surface area contributed by atoms with Gasteiger partial charge in [0, 0.05) is 25.4 Å². The highest BCUT2D eigenvalue weighted by molar-refractivity contribution is 5.86. The molecule has 0 aliphatic carbocycles. The molecule has 102 valence electrons. The molecule has 2 atom stereocenters. The van der Waals surface area contributed by atoms with Crippen molar-refractivity contribution in [3.63, 3.8) is 0 Å². The molecule has 1 N–H and O–H groups in total. The fourth-order valence-electron chi connectivity index (χ4n) is 3.03. The van der Waals surface area contributed by atoms with Gasteiger partial charge >= 0.3 is 5.97 Å². The number of hydrogen-bond acceptors (Lipinski definition) is 4. The van der Waals surface area contributed by atoms with Crippen molar-refractivity contribution in [2.45, 2.75) is 57.7 Å². The number of hydrogen-bond donors (Lipinski definition) is 1. The minimum atomic E-state index is -0.553. The molecule has 2 heterocycles.